The first kappa shape index (κ1) is 23.4. The fraction of sp³-hybridized carbons (Fsp3) is 0.360. The van der Waals surface area contributed by atoms with Gasteiger partial charge in [0.25, 0.3) is 0 Å². The normalized spacial score (nSPS) is 14.8. The molecule has 1 aliphatic rings. The highest BCUT2D eigenvalue weighted by Gasteiger charge is 2.36. The average Bonchev–Trinajstić information content (AvgIpc) is 2.81. The van der Waals surface area contributed by atoms with Crippen LogP contribution in [0.2, 0.25) is 0 Å². The van der Waals surface area contributed by atoms with Gasteiger partial charge < -0.3 is 9.64 Å². The number of anilines is 2. The number of aromatic nitrogens is 2. The van der Waals surface area contributed by atoms with Gasteiger partial charge in [-0.15, -0.1) is 0 Å². The maximum absolute atomic E-state index is 13.7. The number of alkyl halides is 3. The molecule has 0 aliphatic heterocycles. The van der Waals surface area contributed by atoms with Crippen LogP contribution in [0, 0.1) is 0 Å². The van der Waals surface area contributed by atoms with Gasteiger partial charge in [0.2, 0.25) is 5.95 Å². The topological polar surface area (TPSA) is 38.2 Å². The summed E-state index contributed by atoms with van der Waals surface area (Å²) in [6.07, 6.45) is 2.01. The highest BCUT2D eigenvalue weighted by Crippen LogP contribution is 2.40. The van der Waals surface area contributed by atoms with Crippen molar-refractivity contribution in [1.29, 1.82) is 0 Å². The summed E-state index contributed by atoms with van der Waals surface area (Å²) in [5, 5.41) is -0.122. The molecule has 174 valence electrons. The van der Waals surface area contributed by atoms with Crippen LogP contribution in [0.25, 0.3) is 0 Å². The molecule has 1 aliphatic carbocycles. The standard InChI is InChI=1S/C25H26F3N3OS/c1-2-31(21-15-9-10-16-22(21)32-18-11-5-3-6-12-18)24-29-17-20(25(26,27)28)23(30-24)33-19-13-7-4-8-14-19/h4,7-10,13-18H,2-3,5-6,11-12H2,1H3. The molecule has 2 aromatic carbocycles. The Morgan fingerprint density at radius 1 is 1.00 bits per heavy atom. The number of benzene rings is 2. The third-order valence-corrected chi connectivity index (χ3v) is 6.58. The average molecular weight is 474 g/mol. The van der Waals surface area contributed by atoms with Gasteiger partial charge in [-0.25, -0.2) is 9.97 Å². The molecule has 0 bridgehead atoms. The molecule has 0 atom stereocenters. The Bertz CT molecular complexity index is 1060. The minimum absolute atomic E-state index is 0.122. The molecule has 1 aromatic heterocycles. The summed E-state index contributed by atoms with van der Waals surface area (Å²) >= 11 is 0.982. The molecule has 4 nitrogen and oxygen atoms in total. The summed E-state index contributed by atoms with van der Waals surface area (Å²) in [4.78, 5) is 11.0. The summed E-state index contributed by atoms with van der Waals surface area (Å²) in [7, 11) is 0. The number of halogens is 3. The number of para-hydroxylation sites is 2. The lowest BCUT2D eigenvalue weighted by Crippen LogP contribution is -2.24. The van der Waals surface area contributed by atoms with Crippen molar-refractivity contribution in [2.24, 2.45) is 0 Å². The molecule has 0 amide bonds. The minimum atomic E-state index is -4.55. The fourth-order valence-corrected chi connectivity index (χ4v) is 4.84. The second-order valence-electron chi connectivity index (χ2n) is 7.89. The van der Waals surface area contributed by atoms with Crippen molar-refractivity contribution in [3.05, 3.63) is 66.4 Å². The van der Waals surface area contributed by atoms with Crippen molar-refractivity contribution in [3.63, 3.8) is 0 Å². The van der Waals surface area contributed by atoms with E-state index in [-0.39, 0.29) is 17.1 Å². The van der Waals surface area contributed by atoms with E-state index in [4.69, 9.17) is 4.74 Å². The number of nitrogens with zero attached hydrogens (tertiary/aromatic N) is 3. The molecule has 1 fully saturated rings. The molecule has 0 spiro atoms. The highest BCUT2D eigenvalue weighted by atomic mass is 32.2. The predicted octanol–water partition coefficient (Wildman–Crippen LogP) is 7.52. The number of hydrogen-bond acceptors (Lipinski definition) is 5. The first-order valence-electron chi connectivity index (χ1n) is 11.2. The number of hydrogen-bond donors (Lipinski definition) is 0. The molecule has 1 saturated carbocycles. The van der Waals surface area contributed by atoms with E-state index >= 15 is 0 Å². The predicted molar refractivity (Wildman–Crippen MR) is 124 cm³/mol. The van der Waals surface area contributed by atoms with Crippen molar-refractivity contribution >= 4 is 23.4 Å². The molecule has 0 N–H and O–H groups in total. The lowest BCUT2D eigenvalue weighted by molar-refractivity contribution is -0.140. The molecule has 8 heteroatoms. The van der Waals surface area contributed by atoms with Crippen molar-refractivity contribution < 1.29 is 17.9 Å². The maximum atomic E-state index is 13.7. The van der Waals surface area contributed by atoms with Crippen molar-refractivity contribution in [2.75, 3.05) is 11.4 Å². The van der Waals surface area contributed by atoms with Gasteiger partial charge in [0.15, 0.2) is 0 Å². The van der Waals surface area contributed by atoms with Crippen LogP contribution in [0.4, 0.5) is 24.8 Å². The van der Waals surface area contributed by atoms with E-state index in [1.165, 1.54) is 6.42 Å². The van der Waals surface area contributed by atoms with E-state index in [0.717, 1.165) is 49.3 Å². The zero-order valence-corrected chi connectivity index (χ0v) is 19.2. The second kappa shape index (κ2) is 10.5. The smallest absolute Gasteiger partial charge is 0.420 e. The number of rotatable bonds is 7. The molecule has 4 rings (SSSR count). The zero-order valence-electron chi connectivity index (χ0n) is 18.4. The van der Waals surface area contributed by atoms with Crippen LogP contribution in [0.15, 0.2) is 70.7 Å². The van der Waals surface area contributed by atoms with Crippen LogP contribution in [0.3, 0.4) is 0 Å². The van der Waals surface area contributed by atoms with Gasteiger partial charge in [0.1, 0.15) is 16.3 Å². The summed E-state index contributed by atoms with van der Waals surface area (Å²) in [5.41, 5.74) is -0.0936. The fourth-order valence-electron chi connectivity index (χ4n) is 3.92. The first-order chi connectivity index (χ1) is 16.0. The maximum Gasteiger partial charge on any atom is 0.420 e. The van der Waals surface area contributed by atoms with Crippen LogP contribution < -0.4 is 9.64 Å². The Hall–Kier alpha value is -2.74. The van der Waals surface area contributed by atoms with E-state index in [0.29, 0.717) is 17.2 Å². The van der Waals surface area contributed by atoms with Crippen molar-refractivity contribution in [3.8, 4) is 5.75 Å². The molecule has 3 aromatic rings. The Balaban J connectivity index is 1.69. The molecule has 33 heavy (non-hydrogen) atoms. The Morgan fingerprint density at radius 2 is 1.70 bits per heavy atom. The Labute approximate surface area is 196 Å². The quantitative estimate of drug-likeness (QED) is 0.332. The van der Waals surface area contributed by atoms with E-state index in [2.05, 4.69) is 9.97 Å². The van der Waals surface area contributed by atoms with Gasteiger partial charge in [-0.1, -0.05) is 48.5 Å². The summed E-state index contributed by atoms with van der Waals surface area (Å²) in [6.45, 7) is 2.40. The van der Waals surface area contributed by atoms with Gasteiger partial charge in [-0.3, -0.25) is 0 Å². The van der Waals surface area contributed by atoms with E-state index in [1.807, 2.05) is 37.3 Å². The second-order valence-corrected chi connectivity index (χ2v) is 8.95. The third-order valence-electron chi connectivity index (χ3n) is 5.56. The summed E-state index contributed by atoms with van der Waals surface area (Å²) < 4.78 is 47.4. The summed E-state index contributed by atoms with van der Waals surface area (Å²) in [5.74, 6) is 0.913. The monoisotopic (exact) mass is 473 g/mol. The van der Waals surface area contributed by atoms with Gasteiger partial charge >= 0.3 is 6.18 Å². The van der Waals surface area contributed by atoms with E-state index in [1.54, 1.807) is 29.2 Å². The Morgan fingerprint density at radius 3 is 2.39 bits per heavy atom. The Kier molecular flexibility index (Phi) is 7.42. The van der Waals surface area contributed by atoms with Crippen LogP contribution in [0.5, 0.6) is 5.75 Å². The van der Waals surface area contributed by atoms with Gasteiger partial charge in [-0.2, -0.15) is 13.2 Å². The van der Waals surface area contributed by atoms with Crippen LogP contribution in [0.1, 0.15) is 44.6 Å². The number of ether oxygens (including phenoxy) is 1. The van der Waals surface area contributed by atoms with Gasteiger partial charge in [0, 0.05) is 17.6 Å². The van der Waals surface area contributed by atoms with E-state index < -0.39 is 11.7 Å². The molecule has 0 saturated heterocycles. The zero-order chi connectivity index (χ0) is 23.3. The molecular weight excluding hydrogens is 447 g/mol. The molecular formula is C25H26F3N3OS. The van der Waals surface area contributed by atoms with Crippen LogP contribution in [-0.2, 0) is 6.18 Å². The van der Waals surface area contributed by atoms with E-state index in [9.17, 15) is 13.2 Å². The van der Waals surface area contributed by atoms with Gasteiger partial charge in [0.05, 0.1) is 11.8 Å². The lowest BCUT2D eigenvalue weighted by atomic mass is 9.98. The third kappa shape index (κ3) is 5.79. The summed E-state index contributed by atoms with van der Waals surface area (Å²) in [6, 6.07) is 16.5. The van der Waals surface area contributed by atoms with Crippen LogP contribution in [-0.4, -0.2) is 22.6 Å². The SMILES string of the molecule is CCN(c1ncc(C(F)(F)F)c(Sc2ccccc2)n1)c1ccccc1OC1CCCCC1. The molecule has 1 heterocycles. The van der Waals surface area contributed by atoms with Crippen LogP contribution >= 0.6 is 11.8 Å². The van der Waals surface area contributed by atoms with Crippen molar-refractivity contribution in [1.82, 2.24) is 9.97 Å². The molecule has 0 radical (unpaired) electrons. The van der Waals surface area contributed by atoms with Gasteiger partial charge in [-0.05, 0) is 56.9 Å². The first-order valence-corrected chi connectivity index (χ1v) is 12.0. The van der Waals surface area contributed by atoms with Crippen molar-refractivity contribution in [2.45, 2.75) is 61.2 Å². The largest absolute Gasteiger partial charge is 0.488 e. The molecule has 0 unspecified atom stereocenters. The lowest BCUT2D eigenvalue weighted by Gasteiger charge is -2.28. The highest BCUT2D eigenvalue weighted by molar-refractivity contribution is 7.99. The minimum Gasteiger partial charge on any atom is -0.488 e.